The summed E-state index contributed by atoms with van der Waals surface area (Å²) in [5, 5.41) is 6.77. The predicted octanol–water partition coefficient (Wildman–Crippen LogP) is 2.11. The van der Waals surface area contributed by atoms with Crippen LogP contribution < -0.4 is 5.32 Å². The predicted molar refractivity (Wildman–Crippen MR) is 73.6 cm³/mol. The van der Waals surface area contributed by atoms with Crippen LogP contribution in [0.25, 0.3) is 11.1 Å². The number of carbonyl (C=O) groups excluding carboxylic acids is 1. The topological polar surface area (TPSA) is 73.6 Å². The molecule has 6 nitrogen and oxygen atoms in total. The summed E-state index contributed by atoms with van der Waals surface area (Å²) < 4.78 is 16.4. The highest BCUT2D eigenvalue weighted by molar-refractivity contribution is 6.04. The lowest BCUT2D eigenvalue weighted by atomic mass is 9.98. The van der Waals surface area contributed by atoms with Crippen molar-refractivity contribution >= 4 is 11.6 Å². The van der Waals surface area contributed by atoms with Crippen molar-refractivity contribution in [1.29, 1.82) is 0 Å². The number of hydrogen-bond donors (Lipinski definition) is 1. The SMILES string of the molecule is Cc1noc(C)c1-c1ccc2c(c1)C1(OCCO1)C(=O)N2. The Morgan fingerprint density at radius 1 is 1.24 bits per heavy atom. The molecule has 0 atom stereocenters. The Bertz CT molecular complexity index is 725. The van der Waals surface area contributed by atoms with E-state index in [2.05, 4.69) is 10.5 Å². The van der Waals surface area contributed by atoms with E-state index in [0.29, 0.717) is 18.8 Å². The van der Waals surface area contributed by atoms with Crippen molar-refractivity contribution in [3.63, 3.8) is 0 Å². The van der Waals surface area contributed by atoms with E-state index in [9.17, 15) is 4.79 Å². The minimum Gasteiger partial charge on any atom is -0.361 e. The van der Waals surface area contributed by atoms with Gasteiger partial charge in [-0.05, 0) is 31.5 Å². The van der Waals surface area contributed by atoms with Gasteiger partial charge in [0, 0.05) is 11.1 Å². The van der Waals surface area contributed by atoms with E-state index in [1.807, 2.05) is 32.0 Å². The first-order chi connectivity index (χ1) is 10.1. The van der Waals surface area contributed by atoms with Crippen LogP contribution in [0.1, 0.15) is 17.0 Å². The normalized spacial score (nSPS) is 19.0. The highest BCUT2D eigenvalue weighted by Gasteiger charge is 2.52. The first kappa shape index (κ1) is 12.6. The standard InChI is InChI=1S/C15H14N2O4/c1-8-13(9(2)21-17-8)10-3-4-12-11(7-10)15(14(18)16-12)19-5-6-20-15/h3-4,7H,5-6H2,1-2H3,(H,16,18). The molecule has 1 saturated heterocycles. The fourth-order valence-electron chi connectivity index (χ4n) is 3.00. The van der Waals surface area contributed by atoms with Crippen LogP contribution in [0.15, 0.2) is 22.7 Å². The van der Waals surface area contributed by atoms with Crippen LogP contribution in [0, 0.1) is 13.8 Å². The zero-order chi connectivity index (χ0) is 14.6. The Balaban J connectivity index is 1.89. The largest absolute Gasteiger partial charge is 0.361 e. The molecule has 0 unspecified atom stereocenters. The first-order valence-electron chi connectivity index (χ1n) is 6.79. The molecule has 2 aliphatic heterocycles. The number of fused-ring (bicyclic) bond motifs is 2. The Labute approximate surface area is 121 Å². The fourth-order valence-corrected chi connectivity index (χ4v) is 3.00. The van der Waals surface area contributed by atoms with Gasteiger partial charge in [0.2, 0.25) is 0 Å². The van der Waals surface area contributed by atoms with Crippen molar-refractivity contribution in [2.75, 3.05) is 18.5 Å². The van der Waals surface area contributed by atoms with Gasteiger partial charge in [-0.1, -0.05) is 11.2 Å². The Kier molecular flexibility index (Phi) is 2.49. The number of nitrogens with zero attached hydrogens (tertiary/aromatic N) is 1. The summed E-state index contributed by atoms with van der Waals surface area (Å²) in [4.78, 5) is 12.2. The lowest BCUT2D eigenvalue weighted by molar-refractivity contribution is -0.178. The maximum Gasteiger partial charge on any atom is 0.289 e. The molecule has 1 aromatic carbocycles. The molecule has 1 spiro atoms. The van der Waals surface area contributed by atoms with Crippen LogP contribution in [0.5, 0.6) is 0 Å². The summed E-state index contributed by atoms with van der Waals surface area (Å²) in [7, 11) is 0. The van der Waals surface area contributed by atoms with Crippen LogP contribution >= 0.6 is 0 Å². The van der Waals surface area contributed by atoms with E-state index in [4.69, 9.17) is 14.0 Å². The zero-order valence-electron chi connectivity index (χ0n) is 11.7. The molecule has 108 valence electrons. The first-order valence-corrected chi connectivity index (χ1v) is 6.79. The van der Waals surface area contributed by atoms with Gasteiger partial charge in [0.15, 0.2) is 0 Å². The molecule has 0 bridgehead atoms. The monoisotopic (exact) mass is 286 g/mol. The molecule has 0 aliphatic carbocycles. The smallest absolute Gasteiger partial charge is 0.289 e. The number of ether oxygens (including phenoxy) is 2. The summed E-state index contributed by atoms with van der Waals surface area (Å²) in [5.41, 5.74) is 4.11. The number of aromatic nitrogens is 1. The quantitative estimate of drug-likeness (QED) is 0.869. The van der Waals surface area contributed by atoms with Crippen LogP contribution in [0.3, 0.4) is 0 Å². The molecule has 6 heteroatoms. The number of amides is 1. The molecule has 1 N–H and O–H groups in total. The lowest BCUT2D eigenvalue weighted by Crippen LogP contribution is -2.35. The number of benzene rings is 1. The van der Waals surface area contributed by atoms with Gasteiger partial charge in [-0.25, -0.2) is 0 Å². The Hall–Kier alpha value is -2.18. The molecule has 21 heavy (non-hydrogen) atoms. The Morgan fingerprint density at radius 2 is 2.00 bits per heavy atom. The van der Waals surface area contributed by atoms with Crippen molar-refractivity contribution in [3.05, 3.63) is 35.2 Å². The second-order valence-corrected chi connectivity index (χ2v) is 5.23. The van der Waals surface area contributed by atoms with Gasteiger partial charge in [-0.2, -0.15) is 0 Å². The number of anilines is 1. The van der Waals surface area contributed by atoms with Crippen LogP contribution in [-0.2, 0) is 20.1 Å². The van der Waals surface area contributed by atoms with Crippen LogP contribution in [0.2, 0.25) is 0 Å². The summed E-state index contributed by atoms with van der Waals surface area (Å²) in [6.45, 7) is 4.57. The van der Waals surface area contributed by atoms with Crippen LogP contribution in [0.4, 0.5) is 5.69 Å². The second kappa shape index (κ2) is 4.16. The molecule has 2 aromatic rings. The molecule has 1 aromatic heterocycles. The molecule has 1 fully saturated rings. The van der Waals surface area contributed by atoms with Gasteiger partial charge in [-0.15, -0.1) is 0 Å². The van der Waals surface area contributed by atoms with E-state index >= 15 is 0 Å². The number of aryl methyl sites for hydroxylation is 2. The summed E-state index contributed by atoms with van der Waals surface area (Å²) in [6, 6.07) is 5.69. The second-order valence-electron chi connectivity index (χ2n) is 5.23. The molecule has 0 saturated carbocycles. The number of rotatable bonds is 1. The molecular formula is C15H14N2O4. The molecule has 2 aliphatic rings. The minimum absolute atomic E-state index is 0.272. The summed E-state index contributed by atoms with van der Waals surface area (Å²) in [5.74, 6) is -0.831. The van der Waals surface area contributed by atoms with Gasteiger partial charge < -0.3 is 19.3 Å². The van der Waals surface area contributed by atoms with Crippen molar-refractivity contribution in [2.24, 2.45) is 0 Å². The van der Waals surface area contributed by atoms with Gasteiger partial charge in [0.25, 0.3) is 11.7 Å². The summed E-state index contributed by atoms with van der Waals surface area (Å²) >= 11 is 0. The lowest BCUT2D eigenvalue weighted by Gasteiger charge is -2.19. The van der Waals surface area contributed by atoms with Crippen molar-refractivity contribution in [3.8, 4) is 11.1 Å². The highest BCUT2D eigenvalue weighted by Crippen LogP contribution is 2.44. The van der Waals surface area contributed by atoms with Crippen molar-refractivity contribution in [2.45, 2.75) is 19.6 Å². The average Bonchev–Trinajstić information content (AvgIpc) is 3.14. The van der Waals surface area contributed by atoms with Gasteiger partial charge in [0.1, 0.15) is 5.76 Å². The van der Waals surface area contributed by atoms with Crippen molar-refractivity contribution in [1.82, 2.24) is 5.16 Å². The van der Waals surface area contributed by atoms with E-state index in [0.717, 1.165) is 28.3 Å². The molecule has 0 radical (unpaired) electrons. The molecular weight excluding hydrogens is 272 g/mol. The van der Waals surface area contributed by atoms with Gasteiger partial charge >= 0.3 is 0 Å². The third-order valence-electron chi connectivity index (χ3n) is 3.94. The minimum atomic E-state index is -1.30. The fraction of sp³-hybridized carbons (Fsp3) is 0.333. The van der Waals surface area contributed by atoms with E-state index in [-0.39, 0.29) is 5.91 Å². The van der Waals surface area contributed by atoms with E-state index < -0.39 is 5.79 Å². The summed E-state index contributed by atoms with van der Waals surface area (Å²) in [6.07, 6.45) is 0. The number of nitrogens with one attached hydrogen (secondary N) is 1. The highest BCUT2D eigenvalue weighted by atomic mass is 16.7. The maximum absolute atomic E-state index is 12.2. The average molecular weight is 286 g/mol. The Morgan fingerprint density at radius 3 is 2.67 bits per heavy atom. The van der Waals surface area contributed by atoms with E-state index in [1.54, 1.807) is 0 Å². The zero-order valence-corrected chi connectivity index (χ0v) is 11.7. The number of carbonyl (C=O) groups is 1. The molecule has 4 rings (SSSR count). The van der Waals surface area contributed by atoms with Crippen LogP contribution in [-0.4, -0.2) is 24.3 Å². The van der Waals surface area contributed by atoms with Gasteiger partial charge in [0.05, 0.1) is 24.6 Å². The van der Waals surface area contributed by atoms with E-state index in [1.165, 1.54) is 0 Å². The third kappa shape index (κ3) is 1.60. The third-order valence-corrected chi connectivity index (χ3v) is 3.94. The maximum atomic E-state index is 12.2. The van der Waals surface area contributed by atoms with Gasteiger partial charge in [-0.3, -0.25) is 4.79 Å². The van der Waals surface area contributed by atoms with Crippen molar-refractivity contribution < 1.29 is 18.8 Å². The number of hydrogen-bond acceptors (Lipinski definition) is 5. The molecule has 3 heterocycles. The molecule has 1 amide bonds.